The number of unbranched alkanes of at least 4 members (excludes halogenated alkanes) is 1. The van der Waals surface area contributed by atoms with Crippen LogP contribution >= 0.6 is 0 Å². The molecule has 0 bridgehead atoms. The minimum absolute atomic E-state index is 0.0974. The summed E-state index contributed by atoms with van der Waals surface area (Å²) in [4.78, 5) is 48.0. The Labute approximate surface area is 295 Å². The summed E-state index contributed by atoms with van der Waals surface area (Å²) in [6.07, 6.45) is -1.19. The maximum Gasteiger partial charge on any atom is 0.416 e. The molecule has 1 aliphatic carbocycles. The molecule has 10 heteroatoms. The molecule has 0 radical (unpaired) electrons. The number of carbonyl (C=O) groups is 3. The van der Waals surface area contributed by atoms with Gasteiger partial charge in [-0.1, -0.05) is 111 Å². The van der Waals surface area contributed by atoms with E-state index in [4.69, 9.17) is 10.7 Å². The van der Waals surface area contributed by atoms with Gasteiger partial charge >= 0.3 is 6.18 Å². The van der Waals surface area contributed by atoms with Gasteiger partial charge in [-0.05, 0) is 59.7 Å². The number of benzodiazepines with no additional fused rings is 1. The predicted molar refractivity (Wildman–Crippen MR) is 192 cm³/mol. The number of alkyl halides is 3. The van der Waals surface area contributed by atoms with Gasteiger partial charge in [-0.2, -0.15) is 13.2 Å². The number of nitrogens with two attached hydrogens (primary N) is 1. The van der Waals surface area contributed by atoms with E-state index in [0.717, 1.165) is 48.9 Å². The fourth-order valence-corrected chi connectivity index (χ4v) is 6.77. The van der Waals surface area contributed by atoms with Gasteiger partial charge in [-0.3, -0.25) is 14.4 Å². The van der Waals surface area contributed by atoms with E-state index in [2.05, 4.69) is 5.32 Å². The number of para-hydroxylation sites is 1. The van der Waals surface area contributed by atoms with Gasteiger partial charge in [-0.25, -0.2) is 4.99 Å². The molecule has 2 aliphatic rings. The molecule has 0 spiro atoms. The molecule has 1 aliphatic heterocycles. The summed E-state index contributed by atoms with van der Waals surface area (Å²) in [5.74, 6) is -2.43. The molecule has 3 N–H and O–H groups in total. The van der Waals surface area contributed by atoms with Crippen molar-refractivity contribution in [1.82, 2.24) is 5.32 Å². The van der Waals surface area contributed by atoms with E-state index in [1.165, 1.54) is 12.1 Å². The average Bonchev–Trinajstić information content (AvgIpc) is 3.97. The first-order valence-electron chi connectivity index (χ1n) is 17.4. The van der Waals surface area contributed by atoms with Crippen LogP contribution in [0.15, 0.2) is 108 Å². The van der Waals surface area contributed by atoms with Gasteiger partial charge < -0.3 is 16.0 Å². The third kappa shape index (κ3) is 8.39. The Morgan fingerprint density at radius 1 is 0.882 bits per heavy atom. The smallest absolute Gasteiger partial charge is 0.369 e. The van der Waals surface area contributed by atoms with Gasteiger partial charge in [0.1, 0.15) is 0 Å². The summed E-state index contributed by atoms with van der Waals surface area (Å²) in [5.41, 5.74) is 9.73. The zero-order chi connectivity index (χ0) is 36.1. The molecular formula is C41H41F3N4O3. The molecule has 3 atom stereocenters. The minimum Gasteiger partial charge on any atom is -0.369 e. The second kappa shape index (κ2) is 15.3. The van der Waals surface area contributed by atoms with Crippen LogP contribution in [0.4, 0.5) is 18.9 Å². The van der Waals surface area contributed by atoms with Gasteiger partial charge in [0.25, 0.3) is 5.91 Å². The van der Waals surface area contributed by atoms with E-state index in [-0.39, 0.29) is 6.54 Å². The minimum atomic E-state index is -4.44. The van der Waals surface area contributed by atoms with Gasteiger partial charge in [0.2, 0.25) is 18.0 Å². The number of nitrogens with zero attached hydrogens (tertiary/aromatic N) is 2. The fourth-order valence-electron chi connectivity index (χ4n) is 6.77. The molecule has 1 fully saturated rings. The zero-order valence-electron chi connectivity index (χ0n) is 28.4. The molecule has 3 amide bonds. The first-order chi connectivity index (χ1) is 24.5. The van der Waals surface area contributed by atoms with Crippen molar-refractivity contribution in [2.24, 2.45) is 28.5 Å². The Morgan fingerprint density at radius 3 is 2.24 bits per heavy atom. The van der Waals surface area contributed by atoms with E-state index < -0.39 is 47.5 Å². The van der Waals surface area contributed by atoms with Crippen LogP contribution in [-0.4, -0.2) is 29.6 Å². The van der Waals surface area contributed by atoms with Crippen molar-refractivity contribution in [2.45, 2.75) is 64.3 Å². The second-order valence-electron chi connectivity index (χ2n) is 13.4. The van der Waals surface area contributed by atoms with Gasteiger partial charge in [0.15, 0.2) is 0 Å². The van der Waals surface area contributed by atoms with E-state index in [0.29, 0.717) is 46.8 Å². The summed E-state index contributed by atoms with van der Waals surface area (Å²) in [7, 11) is 0. The van der Waals surface area contributed by atoms with Crippen LogP contribution in [-0.2, 0) is 27.1 Å². The number of halogens is 3. The molecule has 0 aromatic heterocycles. The Kier molecular flexibility index (Phi) is 10.7. The topological polar surface area (TPSA) is 105 Å². The number of nitrogens with one attached hydrogen (secondary N) is 1. The molecule has 6 rings (SSSR count). The van der Waals surface area contributed by atoms with Crippen LogP contribution in [0.2, 0.25) is 0 Å². The first-order valence-corrected chi connectivity index (χ1v) is 17.4. The average molecular weight is 695 g/mol. The molecule has 1 saturated carbocycles. The summed E-state index contributed by atoms with van der Waals surface area (Å²) < 4.78 is 39.7. The van der Waals surface area contributed by atoms with E-state index in [1.807, 2.05) is 73.7 Å². The quantitative estimate of drug-likeness (QED) is 0.149. The fraction of sp³-hybridized carbons (Fsp3) is 0.317. The second-order valence-corrected chi connectivity index (χ2v) is 13.4. The van der Waals surface area contributed by atoms with E-state index in [9.17, 15) is 27.6 Å². The highest BCUT2D eigenvalue weighted by atomic mass is 19.4. The third-order valence-corrected chi connectivity index (χ3v) is 9.69. The number of fused-ring (bicyclic) bond motifs is 1. The maximum atomic E-state index is 14.7. The van der Waals surface area contributed by atoms with Gasteiger partial charge in [0.05, 0.1) is 23.5 Å². The Morgan fingerprint density at radius 2 is 1.57 bits per heavy atom. The standard InChI is InChI=1S/C41H41F3N4O3/c1-2-3-14-32(37(45)49)34(24-26-17-18-26)39(50)47-38-40(51)48(35-16-8-7-15-33(35)36(46-38)29-11-5-4-6-12-29)25-27-10-9-13-30(23-27)28-19-21-31(22-20-28)41(42,43)44/h4-13,15-16,19-23,26,32,34,38H,2-3,14,17-18,24-25H2,1H3,(H2,45,49)(H,47,50)/t32-,34+,38?/m0/s1. The molecule has 51 heavy (non-hydrogen) atoms. The number of rotatable bonds is 13. The van der Waals surface area contributed by atoms with Crippen LogP contribution < -0.4 is 16.0 Å². The normalized spacial score (nSPS) is 17.2. The summed E-state index contributed by atoms with van der Waals surface area (Å²) in [6, 6.07) is 29.1. The van der Waals surface area contributed by atoms with Crippen molar-refractivity contribution in [3.05, 3.63) is 125 Å². The number of benzene rings is 4. The summed E-state index contributed by atoms with van der Waals surface area (Å²) in [6.45, 7) is 2.11. The highest BCUT2D eigenvalue weighted by Gasteiger charge is 2.40. The number of carbonyl (C=O) groups excluding carboxylic acids is 3. The summed E-state index contributed by atoms with van der Waals surface area (Å²) >= 11 is 0. The Balaban J connectivity index is 1.37. The van der Waals surface area contributed by atoms with Crippen molar-refractivity contribution in [3.63, 3.8) is 0 Å². The molecule has 4 aromatic carbocycles. The van der Waals surface area contributed by atoms with Crippen LogP contribution in [0.3, 0.4) is 0 Å². The van der Waals surface area contributed by atoms with E-state index in [1.54, 1.807) is 17.0 Å². The molecule has 0 saturated heterocycles. The van der Waals surface area contributed by atoms with Crippen molar-refractivity contribution >= 4 is 29.1 Å². The van der Waals surface area contributed by atoms with E-state index >= 15 is 0 Å². The number of anilines is 1. The summed E-state index contributed by atoms with van der Waals surface area (Å²) in [5, 5.41) is 2.94. The molecule has 1 unspecified atom stereocenters. The van der Waals surface area contributed by atoms with Crippen LogP contribution in [0, 0.1) is 17.8 Å². The van der Waals surface area contributed by atoms with Gasteiger partial charge in [-0.15, -0.1) is 0 Å². The lowest BCUT2D eigenvalue weighted by molar-refractivity contribution is -0.137. The number of hydrogen-bond donors (Lipinski definition) is 2. The van der Waals surface area contributed by atoms with Crippen molar-refractivity contribution in [3.8, 4) is 11.1 Å². The Hall–Kier alpha value is -5.25. The van der Waals surface area contributed by atoms with Crippen molar-refractivity contribution < 1.29 is 27.6 Å². The van der Waals surface area contributed by atoms with Crippen molar-refractivity contribution in [2.75, 3.05) is 4.90 Å². The molecule has 264 valence electrons. The maximum absolute atomic E-state index is 14.7. The van der Waals surface area contributed by atoms with Crippen LogP contribution in [0.5, 0.6) is 0 Å². The molecule has 4 aromatic rings. The molecule has 1 heterocycles. The monoisotopic (exact) mass is 694 g/mol. The number of amides is 3. The first kappa shape index (κ1) is 35.6. The zero-order valence-corrected chi connectivity index (χ0v) is 28.4. The van der Waals surface area contributed by atoms with Gasteiger partial charge in [0, 0.05) is 23.0 Å². The SMILES string of the molecule is CCCC[C@H](C(N)=O)[C@@H](CC1CC1)C(=O)NC1N=C(c2ccccc2)c2ccccc2N(Cc2cccc(-c3ccc(C(F)(F)F)cc3)c2)C1=O. The lowest BCUT2D eigenvalue weighted by atomic mass is 9.83. The number of primary amides is 1. The lowest BCUT2D eigenvalue weighted by Gasteiger charge is -2.28. The highest BCUT2D eigenvalue weighted by molar-refractivity contribution is 6.20. The molecule has 7 nitrogen and oxygen atoms in total. The third-order valence-electron chi connectivity index (χ3n) is 9.69. The van der Waals surface area contributed by atoms with Crippen LogP contribution in [0.25, 0.3) is 11.1 Å². The Bertz CT molecular complexity index is 1910. The number of aliphatic imine (C=N–C) groups is 1. The predicted octanol–water partition coefficient (Wildman–Crippen LogP) is 7.91. The molecular weight excluding hydrogens is 653 g/mol. The number of hydrogen-bond acceptors (Lipinski definition) is 4. The highest BCUT2D eigenvalue weighted by Crippen LogP contribution is 2.39. The van der Waals surface area contributed by atoms with Crippen LogP contribution in [0.1, 0.15) is 67.7 Å². The lowest BCUT2D eigenvalue weighted by Crippen LogP contribution is -2.50. The van der Waals surface area contributed by atoms with Crippen molar-refractivity contribution in [1.29, 1.82) is 0 Å². The largest absolute Gasteiger partial charge is 0.416 e.